The van der Waals surface area contributed by atoms with Crippen molar-refractivity contribution < 1.29 is 17.9 Å². The number of ether oxygens (including phenoxy) is 1. The number of carbonyl (C=O) groups is 1. The minimum Gasteiger partial charge on any atom is -0.379 e. The van der Waals surface area contributed by atoms with E-state index in [0.29, 0.717) is 55.1 Å². The van der Waals surface area contributed by atoms with Crippen LogP contribution in [0.5, 0.6) is 0 Å². The molecule has 0 atom stereocenters. The summed E-state index contributed by atoms with van der Waals surface area (Å²) < 4.78 is 33.5. The minimum atomic E-state index is -3.68. The number of halogens is 1. The molecule has 2 heterocycles. The number of sulfonamides is 1. The fourth-order valence-electron chi connectivity index (χ4n) is 3.28. The maximum Gasteiger partial charge on any atom is 0.257 e. The van der Waals surface area contributed by atoms with Gasteiger partial charge in [-0.2, -0.15) is 4.31 Å². The van der Waals surface area contributed by atoms with E-state index in [1.807, 2.05) is 13.8 Å². The molecule has 1 fully saturated rings. The van der Waals surface area contributed by atoms with Crippen LogP contribution in [0.1, 0.15) is 24.2 Å². The molecule has 30 heavy (non-hydrogen) atoms. The Morgan fingerprint density at radius 1 is 1.20 bits per heavy atom. The molecule has 10 heteroatoms. The van der Waals surface area contributed by atoms with Crippen molar-refractivity contribution in [1.29, 1.82) is 0 Å². The summed E-state index contributed by atoms with van der Waals surface area (Å²) in [6.07, 6.45) is 3.05. The molecule has 1 aliphatic rings. The number of nitrogens with zero attached hydrogens (tertiary/aromatic N) is 3. The Hall–Kier alpha value is -2.01. The largest absolute Gasteiger partial charge is 0.379 e. The number of morpholine rings is 1. The van der Waals surface area contributed by atoms with Gasteiger partial charge >= 0.3 is 0 Å². The Balaban J connectivity index is 1.99. The minimum absolute atomic E-state index is 0.142. The molecule has 0 bridgehead atoms. The topological polar surface area (TPSA) is 91.8 Å². The third-order valence-corrected chi connectivity index (χ3v) is 7.22. The van der Waals surface area contributed by atoms with Crippen molar-refractivity contribution in [2.24, 2.45) is 0 Å². The van der Waals surface area contributed by atoms with Gasteiger partial charge in [0.2, 0.25) is 10.0 Å². The average molecular weight is 497 g/mol. The number of carbonyl (C=O) groups excluding carboxylic acids is 1. The first-order chi connectivity index (χ1) is 14.4. The van der Waals surface area contributed by atoms with Crippen LogP contribution in [0.15, 0.2) is 46.0 Å². The molecule has 1 aliphatic heterocycles. The second-order valence-corrected chi connectivity index (χ2v) is 9.57. The lowest BCUT2D eigenvalue weighted by atomic mass is 10.2. The lowest BCUT2D eigenvalue weighted by Crippen LogP contribution is -2.40. The van der Waals surface area contributed by atoms with Crippen molar-refractivity contribution in [2.45, 2.75) is 18.7 Å². The quantitative estimate of drug-likeness (QED) is 0.633. The lowest BCUT2D eigenvalue weighted by molar-refractivity contribution is 0.0730. The number of benzene rings is 1. The smallest absolute Gasteiger partial charge is 0.257 e. The predicted molar refractivity (Wildman–Crippen MR) is 119 cm³/mol. The third kappa shape index (κ3) is 5.00. The summed E-state index contributed by atoms with van der Waals surface area (Å²) >= 11 is 3.31. The summed E-state index contributed by atoms with van der Waals surface area (Å²) in [4.78, 5) is 19.0. The number of anilines is 2. The third-order valence-electron chi connectivity index (χ3n) is 4.90. The molecule has 1 N–H and O–H groups in total. The SMILES string of the molecule is CCN(CC)c1ccc(S(=O)(=O)N2CCOCC2)cc1NC(=O)c1cncc(Br)c1. The van der Waals surface area contributed by atoms with Crippen LogP contribution in [-0.4, -0.2) is 63.0 Å². The van der Waals surface area contributed by atoms with Crippen molar-refractivity contribution in [2.75, 3.05) is 49.6 Å². The zero-order chi connectivity index (χ0) is 21.7. The Morgan fingerprint density at radius 3 is 2.53 bits per heavy atom. The first-order valence-electron chi connectivity index (χ1n) is 9.75. The zero-order valence-corrected chi connectivity index (χ0v) is 19.4. The summed E-state index contributed by atoms with van der Waals surface area (Å²) in [5.41, 5.74) is 1.58. The van der Waals surface area contributed by atoms with Gasteiger partial charge in [0.1, 0.15) is 0 Å². The van der Waals surface area contributed by atoms with Crippen LogP contribution >= 0.6 is 15.9 Å². The highest BCUT2D eigenvalue weighted by Crippen LogP contribution is 2.31. The summed E-state index contributed by atoms with van der Waals surface area (Å²) in [5, 5.41) is 2.87. The standard InChI is InChI=1S/C20H25BrN4O4S/c1-3-24(4-2)19-6-5-17(30(27,28)25-7-9-29-10-8-25)12-18(19)23-20(26)15-11-16(21)14-22-13-15/h5-6,11-14H,3-4,7-10H2,1-2H3,(H,23,26). The molecule has 162 valence electrons. The number of nitrogens with one attached hydrogen (secondary N) is 1. The normalized spacial score (nSPS) is 15.0. The van der Waals surface area contributed by atoms with E-state index in [1.54, 1.807) is 24.4 Å². The summed E-state index contributed by atoms with van der Waals surface area (Å²) in [6, 6.07) is 6.53. The average Bonchev–Trinajstić information content (AvgIpc) is 2.76. The van der Waals surface area contributed by atoms with Crippen LogP contribution in [0, 0.1) is 0 Å². The van der Waals surface area contributed by atoms with Crippen molar-refractivity contribution in [3.63, 3.8) is 0 Å². The van der Waals surface area contributed by atoms with Crippen molar-refractivity contribution in [3.8, 4) is 0 Å². The molecule has 1 aromatic heterocycles. The Labute approximate surface area is 185 Å². The van der Waals surface area contributed by atoms with Crippen LogP contribution in [-0.2, 0) is 14.8 Å². The molecule has 0 spiro atoms. The van der Waals surface area contributed by atoms with Crippen LogP contribution in [0.2, 0.25) is 0 Å². The van der Waals surface area contributed by atoms with E-state index < -0.39 is 10.0 Å². The molecule has 0 radical (unpaired) electrons. The number of hydrogen-bond donors (Lipinski definition) is 1. The van der Waals surface area contributed by atoms with Crippen molar-refractivity contribution in [1.82, 2.24) is 9.29 Å². The van der Waals surface area contributed by atoms with Gasteiger partial charge in [0.25, 0.3) is 5.91 Å². The van der Waals surface area contributed by atoms with Gasteiger partial charge in [0, 0.05) is 43.0 Å². The van der Waals surface area contributed by atoms with E-state index in [9.17, 15) is 13.2 Å². The second-order valence-electron chi connectivity index (χ2n) is 6.71. The Bertz CT molecular complexity index is 1010. The molecule has 0 aliphatic carbocycles. The van der Waals surface area contributed by atoms with Gasteiger partial charge in [-0.1, -0.05) is 0 Å². The van der Waals surface area contributed by atoms with Gasteiger partial charge in [-0.25, -0.2) is 8.42 Å². The molecule has 1 aromatic carbocycles. The van der Waals surface area contributed by atoms with E-state index >= 15 is 0 Å². The fraction of sp³-hybridized carbons (Fsp3) is 0.400. The summed E-state index contributed by atoms with van der Waals surface area (Å²) in [5.74, 6) is -0.363. The zero-order valence-electron chi connectivity index (χ0n) is 17.0. The first kappa shape index (κ1) is 22.7. The van der Waals surface area contributed by atoms with Gasteiger partial charge in [0.15, 0.2) is 0 Å². The number of amides is 1. The molecule has 2 aromatic rings. The first-order valence-corrected chi connectivity index (χ1v) is 12.0. The van der Waals surface area contributed by atoms with Gasteiger partial charge < -0.3 is 15.0 Å². The van der Waals surface area contributed by atoms with E-state index in [0.717, 1.165) is 5.69 Å². The van der Waals surface area contributed by atoms with Crippen molar-refractivity contribution >= 4 is 43.2 Å². The van der Waals surface area contributed by atoms with E-state index in [4.69, 9.17) is 4.74 Å². The van der Waals surface area contributed by atoms with Crippen LogP contribution in [0.25, 0.3) is 0 Å². The Morgan fingerprint density at radius 2 is 1.90 bits per heavy atom. The van der Waals surface area contributed by atoms with Gasteiger partial charge in [-0.3, -0.25) is 9.78 Å². The van der Waals surface area contributed by atoms with E-state index in [2.05, 4.69) is 31.1 Å². The molecular formula is C20H25BrN4O4S. The molecule has 0 unspecified atom stereocenters. The lowest BCUT2D eigenvalue weighted by Gasteiger charge is -2.28. The van der Waals surface area contributed by atoms with Crippen molar-refractivity contribution in [3.05, 3.63) is 46.7 Å². The number of pyridine rings is 1. The molecule has 1 amide bonds. The highest BCUT2D eigenvalue weighted by molar-refractivity contribution is 9.10. The molecular weight excluding hydrogens is 472 g/mol. The van der Waals surface area contributed by atoms with Crippen LogP contribution in [0.4, 0.5) is 11.4 Å². The predicted octanol–water partition coefficient (Wildman–Crippen LogP) is 2.96. The highest BCUT2D eigenvalue weighted by atomic mass is 79.9. The maximum atomic E-state index is 13.1. The highest BCUT2D eigenvalue weighted by Gasteiger charge is 2.27. The molecule has 8 nitrogen and oxygen atoms in total. The molecule has 0 saturated carbocycles. The van der Waals surface area contributed by atoms with Gasteiger partial charge in [-0.15, -0.1) is 0 Å². The van der Waals surface area contributed by atoms with Gasteiger partial charge in [-0.05, 0) is 54.0 Å². The monoisotopic (exact) mass is 496 g/mol. The van der Waals surface area contributed by atoms with Crippen LogP contribution in [0.3, 0.4) is 0 Å². The maximum absolute atomic E-state index is 13.1. The molecule has 1 saturated heterocycles. The van der Waals surface area contributed by atoms with E-state index in [-0.39, 0.29) is 10.8 Å². The number of hydrogen-bond acceptors (Lipinski definition) is 6. The fourth-order valence-corrected chi connectivity index (χ4v) is 5.08. The number of rotatable bonds is 7. The Kier molecular flexibility index (Phi) is 7.45. The summed E-state index contributed by atoms with van der Waals surface area (Å²) in [7, 11) is -3.68. The number of aromatic nitrogens is 1. The molecule has 3 rings (SSSR count). The van der Waals surface area contributed by atoms with Crippen LogP contribution < -0.4 is 10.2 Å². The van der Waals surface area contributed by atoms with E-state index in [1.165, 1.54) is 16.6 Å². The van der Waals surface area contributed by atoms with Gasteiger partial charge in [0.05, 0.1) is 35.0 Å². The summed E-state index contributed by atoms with van der Waals surface area (Å²) in [6.45, 7) is 6.81. The second kappa shape index (κ2) is 9.86.